The Kier molecular flexibility index (Phi) is 9.93. The molecule has 5 nitrogen and oxygen atoms in total. The third-order valence-electron chi connectivity index (χ3n) is 9.37. The number of hydrogen-bond donors (Lipinski definition) is 0. The number of amides is 1. The second-order valence-electron chi connectivity index (χ2n) is 15.7. The normalized spacial score (nSPS) is 21.8. The maximum Gasteiger partial charge on any atom is 0.275 e. The lowest BCUT2D eigenvalue weighted by Crippen LogP contribution is -2.51. The van der Waals surface area contributed by atoms with Gasteiger partial charge in [0.05, 0.1) is 12.6 Å². The molecule has 1 aliphatic carbocycles. The van der Waals surface area contributed by atoms with E-state index in [0.29, 0.717) is 29.7 Å². The number of carbonyl (C=O) groups excluding carboxylic acids is 2. The van der Waals surface area contributed by atoms with Crippen molar-refractivity contribution in [2.75, 3.05) is 6.61 Å². The minimum Gasteiger partial charge on any atom is -0.494 e. The molecule has 43 heavy (non-hydrogen) atoms. The van der Waals surface area contributed by atoms with Crippen molar-refractivity contribution in [3.63, 3.8) is 0 Å². The molecule has 234 valence electrons. The molecule has 0 N–H and O–H groups in total. The van der Waals surface area contributed by atoms with Gasteiger partial charge in [-0.25, -0.2) is 0 Å². The summed E-state index contributed by atoms with van der Waals surface area (Å²) in [7, 11) is 0. The fourth-order valence-electron chi connectivity index (χ4n) is 6.52. The SMILES string of the molecule is CC(=O)c1ccc(C(CCC(C)(C)C)N2C(=O)C(c3cccc(OCCC(C)(C)C)c3)=NC23CCC(C(C)C)CC3)cc1. The zero-order chi connectivity index (χ0) is 31.6. The third-order valence-corrected chi connectivity index (χ3v) is 9.37. The van der Waals surface area contributed by atoms with Crippen LogP contribution in [0.4, 0.5) is 0 Å². The molecule has 1 fully saturated rings. The van der Waals surface area contributed by atoms with Gasteiger partial charge in [-0.1, -0.05) is 91.8 Å². The lowest BCUT2D eigenvalue weighted by molar-refractivity contribution is -0.133. The number of Topliss-reactive ketones (excluding diaryl/α,β-unsaturated/α-hetero) is 1. The van der Waals surface area contributed by atoms with Crippen molar-refractivity contribution in [2.24, 2.45) is 27.7 Å². The molecule has 1 unspecified atom stereocenters. The highest BCUT2D eigenvalue weighted by molar-refractivity contribution is 6.46. The molecule has 0 radical (unpaired) electrons. The Bertz CT molecular complexity index is 1300. The number of carbonyl (C=O) groups is 2. The first kappa shape index (κ1) is 33.0. The average Bonchev–Trinajstić information content (AvgIpc) is 3.19. The first-order valence-corrected chi connectivity index (χ1v) is 16.4. The van der Waals surface area contributed by atoms with E-state index in [1.807, 2.05) is 48.5 Å². The lowest BCUT2D eigenvalue weighted by Gasteiger charge is -2.46. The summed E-state index contributed by atoms with van der Waals surface area (Å²) in [5.41, 5.74) is 2.88. The summed E-state index contributed by atoms with van der Waals surface area (Å²) in [6.45, 7) is 20.2. The Balaban J connectivity index is 1.74. The summed E-state index contributed by atoms with van der Waals surface area (Å²) in [6, 6.07) is 15.7. The van der Waals surface area contributed by atoms with Gasteiger partial charge < -0.3 is 9.64 Å². The van der Waals surface area contributed by atoms with E-state index >= 15 is 0 Å². The van der Waals surface area contributed by atoms with Crippen molar-refractivity contribution in [2.45, 2.75) is 119 Å². The number of hydrogen-bond acceptors (Lipinski definition) is 4. The summed E-state index contributed by atoms with van der Waals surface area (Å²) in [5.74, 6) is 2.09. The van der Waals surface area contributed by atoms with E-state index in [2.05, 4.69) is 60.3 Å². The lowest BCUT2D eigenvalue weighted by atomic mass is 9.75. The Morgan fingerprint density at radius 3 is 2.16 bits per heavy atom. The van der Waals surface area contributed by atoms with E-state index in [1.54, 1.807) is 6.92 Å². The Labute approximate surface area is 260 Å². The molecule has 0 saturated heterocycles. The topological polar surface area (TPSA) is 59.0 Å². The van der Waals surface area contributed by atoms with Gasteiger partial charge >= 0.3 is 0 Å². The standard InChI is InChI=1S/C38H54N2O3/c1-26(2)28-17-21-38(22-18-28)39-34(31-11-10-12-32(25-31)43-24-23-37(7,8)9)35(42)40(38)33(19-20-36(4,5)6)30-15-13-29(14-16-30)27(3)41/h10-16,25-26,28,33H,17-24H2,1-9H3. The van der Waals surface area contributed by atoms with Crippen LogP contribution in [0.5, 0.6) is 5.75 Å². The maximum atomic E-state index is 14.7. The number of aliphatic imine (C=N–C) groups is 1. The van der Waals surface area contributed by atoms with Crippen LogP contribution in [-0.4, -0.2) is 34.6 Å². The van der Waals surface area contributed by atoms with Crippen molar-refractivity contribution in [3.8, 4) is 5.75 Å². The molecular formula is C38H54N2O3. The molecule has 4 rings (SSSR count). The highest BCUT2D eigenvalue weighted by Gasteiger charge is 2.52. The number of ketones is 1. The monoisotopic (exact) mass is 586 g/mol. The van der Waals surface area contributed by atoms with Gasteiger partial charge in [0.15, 0.2) is 5.78 Å². The first-order chi connectivity index (χ1) is 20.1. The van der Waals surface area contributed by atoms with Crippen LogP contribution in [0.2, 0.25) is 0 Å². The van der Waals surface area contributed by atoms with E-state index in [4.69, 9.17) is 9.73 Å². The van der Waals surface area contributed by atoms with E-state index in [-0.39, 0.29) is 28.6 Å². The molecule has 1 amide bonds. The van der Waals surface area contributed by atoms with E-state index in [0.717, 1.165) is 61.8 Å². The van der Waals surface area contributed by atoms with Crippen LogP contribution in [0, 0.1) is 22.7 Å². The van der Waals surface area contributed by atoms with Gasteiger partial charge in [0.2, 0.25) is 0 Å². The Hall–Kier alpha value is -2.95. The Morgan fingerprint density at radius 2 is 1.60 bits per heavy atom. The van der Waals surface area contributed by atoms with Gasteiger partial charge in [0, 0.05) is 11.1 Å². The molecule has 1 atom stereocenters. The molecule has 1 spiro atoms. The molecule has 0 bridgehead atoms. The zero-order valence-electron chi connectivity index (χ0n) is 28.1. The summed E-state index contributed by atoms with van der Waals surface area (Å²) in [5, 5.41) is 0. The molecule has 1 saturated carbocycles. The van der Waals surface area contributed by atoms with Crippen LogP contribution in [0.25, 0.3) is 0 Å². The van der Waals surface area contributed by atoms with Gasteiger partial charge in [-0.05, 0) is 92.2 Å². The number of ether oxygens (including phenoxy) is 1. The van der Waals surface area contributed by atoms with Crippen molar-refractivity contribution in [1.82, 2.24) is 4.90 Å². The van der Waals surface area contributed by atoms with E-state index in [1.165, 1.54) is 0 Å². The van der Waals surface area contributed by atoms with Crippen molar-refractivity contribution >= 4 is 17.4 Å². The first-order valence-electron chi connectivity index (χ1n) is 16.4. The van der Waals surface area contributed by atoms with Crippen molar-refractivity contribution in [3.05, 3.63) is 65.2 Å². The average molecular weight is 587 g/mol. The maximum absolute atomic E-state index is 14.7. The fraction of sp³-hybridized carbons (Fsp3) is 0.605. The van der Waals surface area contributed by atoms with Crippen LogP contribution in [-0.2, 0) is 4.79 Å². The molecule has 2 aromatic carbocycles. The second kappa shape index (κ2) is 13.0. The van der Waals surface area contributed by atoms with Gasteiger partial charge in [0.1, 0.15) is 17.1 Å². The molecule has 2 aliphatic rings. The molecule has 1 aliphatic heterocycles. The van der Waals surface area contributed by atoms with Gasteiger partial charge in [-0.3, -0.25) is 14.6 Å². The fourth-order valence-corrected chi connectivity index (χ4v) is 6.52. The van der Waals surface area contributed by atoms with Gasteiger partial charge in [-0.2, -0.15) is 0 Å². The second-order valence-corrected chi connectivity index (χ2v) is 15.7. The summed E-state index contributed by atoms with van der Waals surface area (Å²) < 4.78 is 6.14. The quantitative estimate of drug-likeness (QED) is 0.261. The molecule has 2 aromatic rings. The largest absolute Gasteiger partial charge is 0.494 e. The Morgan fingerprint density at radius 1 is 0.977 bits per heavy atom. The minimum atomic E-state index is -0.567. The third kappa shape index (κ3) is 8.16. The number of rotatable bonds is 10. The van der Waals surface area contributed by atoms with Crippen molar-refractivity contribution in [1.29, 1.82) is 0 Å². The van der Waals surface area contributed by atoms with Gasteiger partial charge in [0.25, 0.3) is 5.91 Å². The molecule has 0 aromatic heterocycles. The summed E-state index contributed by atoms with van der Waals surface area (Å²) in [4.78, 5) is 34.3. The smallest absolute Gasteiger partial charge is 0.275 e. The zero-order valence-corrected chi connectivity index (χ0v) is 28.1. The summed E-state index contributed by atoms with van der Waals surface area (Å²) >= 11 is 0. The van der Waals surface area contributed by atoms with Gasteiger partial charge in [-0.15, -0.1) is 0 Å². The van der Waals surface area contributed by atoms with Crippen LogP contribution < -0.4 is 4.74 Å². The van der Waals surface area contributed by atoms with Crippen LogP contribution in [0.15, 0.2) is 53.5 Å². The van der Waals surface area contributed by atoms with Crippen LogP contribution >= 0.6 is 0 Å². The predicted octanol–water partition coefficient (Wildman–Crippen LogP) is 9.45. The molecule has 1 heterocycles. The predicted molar refractivity (Wildman–Crippen MR) is 177 cm³/mol. The van der Waals surface area contributed by atoms with E-state index < -0.39 is 5.66 Å². The van der Waals surface area contributed by atoms with Crippen LogP contribution in [0.1, 0.15) is 135 Å². The molecule has 5 heteroatoms. The van der Waals surface area contributed by atoms with Crippen molar-refractivity contribution < 1.29 is 14.3 Å². The van der Waals surface area contributed by atoms with E-state index in [9.17, 15) is 9.59 Å². The minimum absolute atomic E-state index is 0.00407. The molecular weight excluding hydrogens is 532 g/mol. The number of nitrogens with zero attached hydrogens (tertiary/aromatic N) is 2. The highest BCUT2D eigenvalue weighted by Crippen LogP contribution is 2.48. The van der Waals surface area contributed by atoms with Crippen LogP contribution in [0.3, 0.4) is 0 Å². The highest BCUT2D eigenvalue weighted by atomic mass is 16.5. The number of benzene rings is 2. The summed E-state index contributed by atoms with van der Waals surface area (Å²) in [6.07, 6.45) is 6.60.